The first-order chi connectivity index (χ1) is 7.58. The fraction of sp³-hybridized carbons (Fsp3) is 0.417. The SMILES string of the molecule is COc1nc2c(C(C)(C)CO)cccc2o1. The summed E-state index contributed by atoms with van der Waals surface area (Å²) in [5.74, 6) is 0. The van der Waals surface area contributed by atoms with Gasteiger partial charge in [-0.2, -0.15) is 4.98 Å². The van der Waals surface area contributed by atoms with Gasteiger partial charge in [0.2, 0.25) is 0 Å². The van der Waals surface area contributed by atoms with E-state index in [0.717, 1.165) is 11.1 Å². The van der Waals surface area contributed by atoms with Crippen LogP contribution in [0, 0.1) is 0 Å². The molecular weight excluding hydrogens is 206 g/mol. The maximum absolute atomic E-state index is 9.38. The molecule has 16 heavy (non-hydrogen) atoms. The standard InChI is InChI=1S/C12H15NO3/c1-12(2,7-14)8-5-4-6-9-10(8)13-11(15-3)16-9/h4-6,14H,7H2,1-3H3. The van der Waals surface area contributed by atoms with E-state index in [1.165, 1.54) is 7.11 Å². The molecule has 1 aromatic heterocycles. The van der Waals surface area contributed by atoms with Crippen LogP contribution in [0.25, 0.3) is 11.1 Å². The average molecular weight is 221 g/mol. The molecule has 0 bridgehead atoms. The van der Waals surface area contributed by atoms with Gasteiger partial charge in [-0.3, -0.25) is 0 Å². The van der Waals surface area contributed by atoms with Crippen LogP contribution in [0.15, 0.2) is 22.6 Å². The van der Waals surface area contributed by atoms with Crippen molar-refractivity contribution in [1.82, 2.24) is 4.98 Å². The minimum Gasteiger partial charge on any atom is -0.453 e. The second-order valence-corrected chi connectivity index (χ2v) is 4.38. The van der Waals surface area contributed by atoms with Gasteiger partial charge < -0.3 is 14.3 Å². The third kappa shape index (κ3) is 1.65. The van der Waals surface area contributed by atoms with Crippen molar-refractivity contribution in [3.63, 3.8) is 0 Å². The maximum atomic E-state index is 9.38. The first-order valence-corrected chi connectivity index (χ1v) is 5.13. The van der Waals surface area contributed by atoms with Crippen molar-refractivity contribution >= 4 is 11.1 Å². The number of hydrogen-bond acceptors (Lipinski definition) is 4. The molecule has 0 aliphatic heterocycles. The van der Waals surface area contributed by atoms with Crippen LogP contribution in [0.4, 0.5) is 0 Å². The smallest absolute Gasteiger partial charge is 0.394 e. The summed E-state index contributed by atoms with van der Waals surface area (Å²) in [4.78, 5) is 4.25. The lowest BCUT2D eigenvalue weighted by Gasteiger charge is -2.21. The molecule has 4 nitrogen and oxygen atoms in total. The van der Waals surface area contributed by atoms with Crippen molar-refractivity contribution in [1.29, 1.82) is 0 Å². The summed E-state index contributed by atoms with van der Waals surface area (Å²) in [6, 6.07) is 5.67. The third-order valence-corrected chi connectivity index (χ3v) is 2.70. The highest BCUT2D eigenvalue weighted by Crippen LogP contribution is 2.31. The Labute approximate surface area is 93.9 Å². The molecule has 0 aliphatic rings. The lowest BCUT2D eigenvalue weighted by atomic mass is 9.85. The number of aliphatic hydroxyl groups excluding tert-OH is 1. The summed E-state index contributed by atoms with van der Waals surface area (Å²) in [6.07, 6.45) is 0.246. The number of fused-ring (bicyclic) bond motifs is 1. The summed E-state index contributed by atoms with van der Waals surface area (Å²) in [6.45, 7) is 3.98. The van der Waals surface area contributed by atoms with E-state index in [4.69, 9.17) is 9.15 Å². The van der Waals surface area contributed by atoms with Gasteiger partial charge in [-0.1, -0.05) is 26.0 Å². The van der Waals surface area contributed by atoms with Gasteiger partial charge in [-0.05, 0) is 11.6 Å². The van der Waals surface area contributed by atoms with Crippen molar-refractivity contribution in [3.05, 3.63) is 23.8 Å². The number of para-hydroxylation sites is 1. The normalized spacial score (nSPS) is 12.0. The van der Waals surface area contributed by atoms with E-state index in [1.807, 2.05) is 32.0 Å². The fourth-order valence-electron chi connectivity index (χ4n) is 1.65. The summed E-state index contributed by atoms with van der Waals surface area (Å²) < 4.78 is 10.3. The highest BCUT2D eigenvalue weighted by molar-refractivity contribution is 5.78. The van der Waals surface area contributed by atoms with E-state index in [-0.39, 0.29) is 18.1 Å². The first-order valence-electron chi connectivity index (χ1n) is 5.13. The van der Waals surface area contributed by atoms with Gasteiger partial charge in [0, 0.05) is 5.41 Å². The Morgan fingerprint density at radius 2 is 2.19 bits per heavy atom. The first kappa shape index (κ1) is 11.0. The Hall–Kier alpha value is -1.55. The molecule has 0 aliphatic carbocycles. The van der Waals surface area contributed by atoms with Crippen LogP contribution in [0.2, 0.25) is 0 Å². The van der Waals surface area contributed by atoms with Gasteiger partial charge in [-0.25, -0.2) is 0 Å². The molecule has 86 valence electrons. The van der Waals surface area contributed by atoms with E-state index in [2.05, 4.69) is 4.98 Å². The number of nitrogens with zero attached hydrogens (tertiary/aromatic N) is 1. The predicted molar refractivity (Wildman–Crippen MR) is 60.7 cm³/mol. The second-order valence-electron chi connectivity index (χ2n) is 4.38. The zero-order valence-corrected chi connectivity index (χ0v) is 9.65. The van der Waals surface area contributed by atoms with E-state index >= 15 is 0 Å². The molecule has 1 aromatic carbocycles. The molecule has 0 fully saturated rings. The molecule has 1 N–H and O–H groups in total. The molecular formula is C12H15NO3. The highest BCUT2D eigenvalue weighted by atomic mass is 16.6. The summed E-state index contributed by atoms with van der Waals surface area (Å²) in [5.41, 5.74) is 2.04. The molecule has 0 radical (unpaired) electrons. The van der Waals surface area contributed by atoms with Gasteiger partial charge >= 0.3 is 6.08 Å². The number of methoxy groups -OCH3 is 1. The third-order valence-electron chi connectivity index (χ3n) is 2.70. The molecule has 0 amide bonds. The van der Waals surface area contributed by atoms with Crippen molar-refractivity contribution in [3.8, 4) is 6.08 Å². The summed E-state index contributed by atoms with van der Waals surface area (Å²) in [7, 11) is 1.52. The fourth-order valence-corrected chi connectivity index (χ4v) is 1.65. The van der Waals surface area contributed by atoms with Crippen molar-refractivity contribution in [2.24, 2.45) is 0 Å². The van der Waals surface area contributed by atoms with Gasteiger partial charge in [0.15, 0.2) is 5.58 Å². The maximum Gasteiger partial charge on any atom is 0.394 e. The number of benzene rings is 1. The molecule has 0 unspecified atom stereocenters. The number of aliphatic hydroxyl groups is 1. The molecule has 1 heterocycles. The van der Waals surface area contributed by atoms with Crippen LogP contribution < -0.4 is 4.74 Å². The topological polar surface area (TPSA) is 55.5 Å². The largest absolute Gasteiger partial charge is 0.453 e. The number of oxazole rings is 1. The molecule has 0 saturated carbocycles. The quantitative estimate of drug-likeness (QED) is 0.862. The van der Waals surface area contributed by atoms with E-state index in [9.17, 15) is 5.11 Å². The minimum atomic E-state index is -0.346. The Bertz CT molecular complexity index is 502. The Kier molecular flexibility index (Phi) is 2.59. The van der Waals surface area contributed by atoms with Crippen molar-refractivity contribution in [2.75, 3.05) is 13.7 Å². The van der Waals surface area contributed by atoms with Crippen molar-refractivity contribution < 1.29 is 14.3 Å². The number of ether oxygens (including phenoxy) is 1. The average Bonchev–Trinajstić information content (AvgIpc) is 2.71. The second kappa shape index (κ2) is 3.79. The van der Waals surface area contributed by atoms with Crippen LogP contribution in [0.5, 0.6) is 6.08 Å². The number of rotatable bonds is 3. The summed E-state index contributed by atoms with van der Waals surface area (Å²) in [5, 5.41) is 9.38. The lowest BCUT2D eigenvalue weighted by Crippen LogP contribution is -2.22. The zero-order chi connectivity index (χ0) is 11.8. The Balaban J connectivity index is 2.65. The number of hydrogen-bond donors (Lipinski definition) is 1. The summed E-state index contributed by atoms with van der Waals surface area (Å²) >= 11 is 0. The van der Waals surface area contributed by atoms with Gasteiger partial charge in [0.1, 0.15) is 5.52 Å². The van der Waals surface area contributed by atoms with Crippen LogP contribution in [-0.4, -0.2) is 23.8 Å². The minimum absolute atomic E-state index is 0.0568. The monoisotopic (exact) mass is 221 g/mol. The van der Waals surface area contributed by atoms with Crippen LogP contribution in [0.1, 0.15) is 19.4 Å². The van der Waals surface area contributed by atoms with Crippen LogP contribution in [-0.2, 0) is 5.41 Å². The van der Waals surface area contributed by atoms with Gasteiger partial charge in [0.05, 0.1) is 13.7 Å². The Morgan fingerprint density at radius 3 is 2.81 bits per heavy atom. The van der Waals surface area contributed by atoms with E-state index in [0.29, 0.717) is 5.58 Å². The molecule has 2 rings (SSSR count). The Morgan fingerprint density at radius 1 is 1.44 bits per heavy atom. The van der Waals surface area contributed by atoms with Crippen LogP contribution >= 0.6 is 0 Å². The molecule has 0 atom stereocenters. The van der Waals surface area contributed by atoms with Gasteiger partial charge in [0.25, 0.3) is 0 Å². The van der Waals surface area contributed by atoms with E-state index in [1.54, 1.807) is 0 Å². The van der Waals surface area contributed by atoms with E-state index < -0.39 is 0 Å². The number of aromatic nitrogens is 1. The lowest BCUT2D eigenvalue weighted by molar-refractivity contribution is 0.219. The van der Waals surface area contributed by atoms with Crippen LogP contribution in [0.3, 0.4) is 0 Å². The van der Waals surface area contributed by atoms with Gasteiger partial charge in [-0.15, -0.1) is 0 Å². The molecule has 0 saturated heterocycles. The molecule has 4 heteroatoms. The molecule has 2 aromatic rings. The highest BCUT2D eigenvalue weighted by Gasteiger charge is 2.24. The molecule has 0 spiro atoms. The zero-order valence-electron chi connectivity index (χ0n) is 9.65. The van der Waals surface area contributed by atoms with Crippen molar-refractivity contribution in [2.45, 2.75) is 19.3 Å². The predicted octanol–water partition coefficient (Wildman–Crippen LogP) is 2.11.